The molecule has 0 aliphatic carbocycles. The van der Waals surface area contributed by atoms with Crippen LogP contribution in [0.5, 0.6) is 0 Å². The van der Waals surface area contributed by atoms with Crippen molar-refractivity contribution in [3.8, 4) is 6.07 Å². The lowest BCUT2D eigenvalue weighted by atomic mass is 9.76. The number of hydrogen-bond acceptors (Lipinski definition) is 4. The van der Waals surface area contributed by atoms with E-state index in [0.29, 0.717) is 0 Å². The normalized spacial score (nSPS) is 13.7. The molecule has 0 aromatic carbocycles. The Morgan fingerprint density at radius 1 is 1.53 bits per heavy atom. The minimum atomic E-state index is -0.910. The van der Waals surface area contributed by atoms with Crippen LogP contribution in [0.3, 0.4) is 0 Å². The number of carboxylic acids is 1. The van der Waals surface area contributed by atoms with E-state index >= 15 is 0 Å². The van der Waals surface area contributed by atoms with Gasteiger partial charge in [-0.2, -0.15) is 5.26 Å². The third kappa shape index (κ3) is 4.68. The fourth-order valence-corrected chi connectivity index (χ4v) is 1.29. The van der Waals surface area contributed by atoms with E-state index in [0.717, 1.165) is 0 Å². The van der Waals surface area contributed by atoms with Gasteiger partial charge in [-0.15, -0.1) is 0 Å². The lowest BCUT2D eigenvalue weighted by Crippen LogP contribution is -2.24. The number of aliphatic carboxylic acids is 1. The zero-order chi connectivity index (χ0) is 13.6. The van der Waals surface area contributed by atoms with Crippen molar-refractivity contribution in [3.05, 3.63) is 11.6 Å². The number of esters is 1. The molecule has 0 fully saturated rings. The Kier molecular flexibility index (Phi) is 5.39. The van der Waals surface area contributed by atoms with Crippen LogP contribution in [0.2, 0.25) is 0 Å². The molecule has 0 aliphatic heterocycles. The maximum Gasteiger partial charge on any atom is 0.348 e. The number of nitriles is 1. The first-order valence-corrected chi connectivity index (χ1v) is 5.16. The average Bonchev–Trinajstić information content (AvgIpc) is 2.22. The summed E-state index contributed by atoms with van der Waals surface area (Å²) in [6, 6.07) is 1.75. The number of nitrogens with zero attached hydrogens (tertiary/aromatic N) is 1. The molecule has 0 radical (unpaired) electrons. The van der Waals surface area contributed by atoms with Gasteiger partial charge in [0.25, 0.3) is 0 Å². The molecule has 0 spiro atoms. The van der Waals surface area contributed by atoms with E-state index in [1.165, 1.54) is 13.2 Å². The van der Waals surface area contributed by atoms with Crippen molar-refractivity contribution in [3.63, 3.8) is 0 Å². The van der Waals surface area contributed by atoms with Crippen molar-refractivity contribution < 1.29 is 19.4 Å². The Morgan fingerprint density at radius 2 is 2.06 bits per heavy atom. The van der Waals surface area contributed by atoms with Crippen LogP contribution in [0.15, 0.2) is 11.6 Å². The molecule has 0 saturated carbocycles. The summed E-state index contributed by atoms with van der Waals surface area (Å²) in [5.41, 5.74) is -0.638. The average molecular weight is 239 g/mol. The zero-order valence-corrected chi connectivity index (χ0v) is 10.5. The van der Waals surface area contributed by atoms with Crippen molar-refractivity contribution in [2.45, 2.75) is 27.2 Å². The number of hydrogen-bond donors (Lipinski definition) is 1. The Balaban J connectivity index is 4.99. The Labute approximate surface area is 101 Å². The summed E-state index contributed by atoms with van der Waals surface area (Å²) in [4.78, 5) is 21.9. The van der Waals surface area contributed by atoms with E-state index in [2.05, 4.69) is 4.74 Å². The fraction of sp³-hybridized carbons (Fsp3) is 0.583. The molecule has 0 heterocycles. The standard InChI is InChI=1S/C12H17NO4/c1-8(12(2,3)6-10(14)15)5-9(7-13)11(16)17-4/h5,8H,6H2,1-4H3,(H,14,15)/b9-5+. The van der Waals surface area contributed by atoms with Gasteiger partial charge in [0, 0.05) is 0 Å². The fourth-order valence-electron chi connectivity index (χ4n) is 1.29. The van der Waals surface area contributed by atoms with Crippen LogP contribution in [0.25, 0.3) is 0 Å². The molecule has 0 aromatic rings. The SMILES string of the molecule is COC(=O)/C(C#N)=C/C(C)C(C)(C)CC(=O)O. The van der Waals surface area contributed by atoms with Gasteiger partial charge in [-0.1, -0.05) is 26.8 Å². The van der Waals surface area contributed by atoms with Gasteiger partial charge in [0.2, 0.25) is 0 Å². The van der Waals surface area contributed by atoms with Gasteiger partial charge < -0.3 is 9.84 Å². The highest BCUT2D eigenvalue weighted by molar-refractivity contribution is 5.92. The smallest absolute Gasteiger partial charge is 0.348 e. The number of methoxy groups -OCH3 is 1. The van der Waals surface area contributed by atoms with Crippen LogP contribution < -0.4 is 0 Å². The second kappa shape index (κ2) is 6.04. The molecule has 5 heteroatoms. The van der Waals surface area contributed by atoms with Gasteiger partial charge in [0.05, 0.1) is 13.5 Å². The van der Waals surface area contributed by atoms with Crippen molar-refractivity contribution >= 4 is 11.9 Å². The summed E-state index contributed by atoms with van der Waals surface area (Å²) in [5.74, 6) is -1.84. The maximum absolute atomic E-state index is 11.2. The number of carbonyl (C=O) groups excluding carboxylic acids is 1. The number of carbonyl (C=O) groups is 2. The van der Waals surface area contributed by atoms with E-state index in [4.69, 9.17) is 10.4 Å². The molecular weight excluding hydrogens is 222 g/mol. The molecule has 0 bridgehead atoms. The summed E-state index contributed by atoms with van der Waals surface area (Å²) in [5, 5.41) is 17.6. The summed E-state index contributed by atoms with van der Waals surface area (Å²) in [6.07, 6.45) is 1.42. The molecule has 5 nitrogen and oxygen atoms in total. The Morgan fingerprint density at radius 3 is 2.41 bits per heavy atom. The molecule has 0 aromatic heterocycles. The van der Waals surface area contributed by atoms with E-state index < -0.39 is 17.4 Å². The van der Waals surface area contributed by atoms with Crippen LogP contribution in [-0.2, 0) is 14.3 Å². The monoisotopic (exact) mass is 239 g/mol. The third-order valence-electron chi connectivity index (χ3n) is 2.78. The molecule has 0 rings (SSSR count). The molecule has 0 aliphatic rings. The minimum absolute atomic E-state index is 0.0372. The van der Waals surface area contributed by atoms with Gasteiger partial charge in [-0.3, -0.25) is 4.79 Å². The number of ether oxygens (including phenoxy) is 1. The second-order valence-corrected chi connectivity index (χ2v) is 4.53. The number of allylic oxidation sites excluding steroid dienone is 1. The second-order valence-electron chi connectivity index (χ2n) is 4.53. The number of carboxylic acid groups (broad SMARTS) is 1. The third-order valence-corrected chi connectivity index (χ3v) is 2.78. The largest absolute Gasteiger partial charge is 0.481 e. The van der Waals surface area contributed by atoms with Crippen molar-refractivity contribution in [2.75, 3.05) is 7.11 Å². The van der Waals surface area contributed by atoms with Gasteiger partial charge in [-0.25, -0.2) is 4.79 Å². The first kappa shape index (κ1) is 15.2. The van der Waals surface area contributed by atoms with Crippen LogP contribution in [0.1, 0.15) is 27.2 Å². The highest BCUT2D eigenvalue weighted by Gasteiger charge is 2.28. The van der Waals surface area contributed by atoms with Crippen molar-refractivity contribution in [1.82, 2.24) is 0 Å². The summed E-state index contributed by atoms with van der Waals surface area (Å²) < 4.78 is 4.45. The lowest BCUT2D eigenvalue weighted by molar-refractivity contribution is -0.139. The minimum Gasteiger partial charge on any atom is -0.481 e. The predicted molar refractivity (Wildman–Crippen MR) is 60.9 cm³/mol. The molecule has 1 atom stereocenters. The van der Waals surface area contributed by atoms with Crippen molar-refractivity contribution in [2.24, 2.45) is 11.3 Å². The zero-order valence-electron chi connectivity index (χ0n) is 10.5. The van der Waals surface area contributed by atoms with Gasteiger partial charge in [-0.05, 0) is 11.3 Å². The predicted octanol–water partition coefficient (Wildman–Crippen LogP) is 1.75. The van der Waals surface area contributed by atoms with Gasteiger partial charge in [0.15, 0.2) is 0 Å². The topological polar surface area (TPSA) is 87.4 Å². The van der Waals surface area contributed by atoms with Crippen LogP contribution in [0.4, 0.5) is 0 Å². The quantitative estimate of drug-likeness (QED) is 0.448. The molecular formula is C12H17NO4. The van der Waals surface area contributed by atoms with Crippen LogP contribution in [0, 0.1) is 22.7 Å². The van der Waals surface area contributed by atoms with Crippen molar-refractivity contribution in [1.29, 1.82) is 5.26 Å². The lowest BCUT2D eigenvalue weighted by Gasteiger charge is -2.28. The van der Waals surface area contributed by atoms with E-state index in [-0.39, 0.29) is 17.9 Å². The summed E-state index contributed by atoms with van der Waals surface area (Å²) in [7, 11) is 1.20. The first-order valence-electron chi connectivity index (χ1n) is 5.16. The van der Waals surface area contributed by atoms with Crippen LogP contribution in [-0.4, -0.2) is 24.2 Å². The van der Waals surface area contributed by atoms with Crippen LogP contribution >= 0.6 is 0 Å². The molecule has 94 valence electrons. The maximum atomic E-state index is 11.2. The first-order chi connectivity index (χ1) is 7.74. The summed E-state index contributed by atoms with van der Waals surface area (Å²) >= 11 is 0. The number of rotatable bonds is 5. The molecule has 0 amide bonds. The van der Waals surface area contributed by atoms with Gasteiger partial charge >= 0.3 is 11.9 Å². The molecule has 1 unspecified atom stereocenters. The Hall–Kier alpha value is -1.83. The highest BCUT2D eigenvalue weighted by atomic mass is 16.5. The molecule has 17 heavy (non-hydrogen) atoms. The van der Waals surface area contributed by atoms with E-state index in [9.17, 15) is 9.59 Å². The van der Waals surface area contributed by atoms with E-state index in [1.807, 2.05) is 0 Å². The summed E-state index contributed by atoms with van der Waals surface area (Å²) in [6.45, 7) is 5.31. The van der Waals surface area contributed by atoms with Gasteiger partial charge in [0.1, 0.15) is 11.6 Å². The highest BCUT2D eigenvalue weighted by Crippen LogP contribution is 2.32. The Bertz CT molecular complexity index is 376. The molecule has 0 saturated heterocycles. The molecule has 1 N–H and O–H groups in total. The van der Waals surface area contributed by atoms with E-state index in [1.54, 1.807) is 26.8 Å².